The summed E-state index contributed by atoms with van der Waals surface area (Å²) in [4.78, 5) is 43.2. The number of para-hydroxylation sites is 1. The molecule has 39 heavy (non-hydrogen) atoms. The second-order valence-electron chi connectivity index (χ2n) is 8.37. The number of nitrogens with one attached hydrogen (secondary N) is 3. The molecule has 0 saturated heterocycles. The van der Waals surface area contributed by atoms with Gasteiger partial charge >= 0.3 is 0 Å². The molecule has 0 fully saturated rings. The molecule has 0 aliphatic rings. The highest BCUT2D eigenvalue weighted by molar-refractivity contribution is 8.00. The normalized spacial score (nSPS) is 11.8. The molecule has 0 radical (unpaired) electrons. The number of hydrogen-bond donors (Lipinski definition) is 3. The van der Waals surface area contributed by atoms with Gasteiger partial charge in [0.25, 0.3) is 11.8 Å². The van der Waals surface area contributed by atoms with Crippen LogP contribution in [0.2, 0.25) is 0 Å². The van der Waals surface area contributed by atoms with Crippen LogP contribution >= 0.6 is 11.8 Å². The Kier molecular flexibility index (Phi) is 9.20. The number of rotatable bonds is 9. The number of pyridine rings is 1. The molecule has 1 atom stereocenters. The highest BCUT2D eigenvalue weighted by Gasteiger charge is 2.17. The summed E-state index contributed by atoms with van der Waals surface area (Å²) >= 11 is 1.30. The Morgan fingerprint density at radius 2 is 1.59 bits per heavy atom. The summed E-state index contributed by atoms with van der Waals surface area (Å²) in [5.41, 5.74) is 1.73. The third-order valence-electron chi connectivity index (χ3n) is 5.45. The van der Waals surface area contributed by atoms with Gasteiger partial charge in [0.05, 0.1) is 10.9 Å². The van der Waals surface area contributed by atoms with Gasteiger partial charge in [-0.15, -0.1) is 11.8 Å². The standard InChI is InChI=1S/C30H25FN4O3S/c1-20(28(36)34-26-12-6-5-11-25(26)31)39-24-15-13-23(14-16-24)33-30(38)27(18-21-8-7-17-32-19-21)35-29(37)22-9-3-2-4-10-22/h2-20H,1H3,(H,33,38)(H,34,36)(H,35,37)/b27-18-. The van der Waals surface area contributed by atoms with Crippen LogP contribution in [0.1, 0.15) is 22.8 Å². The van der Waals surface area contributed by atoms with E-state index in [0.29, 0.717) is 16.8 Å². The fourth-order valence-corrected chi connectivity index (χ4v) is 4.31. The Balaban J connectivity index is 1.42. The van der Waals surface area contributed by atoms with Crippen molar-refractivity contribution in [2.24, 2.45) is 0 Å². The van der Waals surface area contributed by atoms with E-state index in [0.717, 1.165) is 4.90 Å². The van der Waals surface area contributed by atoms with Crippen LogP contribution in [-0.4, -0.2) is 28.0 Å². The fraction of sp³-hybridized carbons (Fsp3) is 0.0667. The summed E-state index contributed by atoms with van der Waals surface area (Å²) in [6.07, 6.45) is 4.74. The minimum Gasteiger partial charge on any atom is -0.323 e. The van der Waals surface area contributed by atoms with Crippen molar-refractivity contribution >= 4 is 46.9 Å². The van der Waals surface area contributed by atoms with Crippen molar-refractivity contribution < 1.29 is 18.8 Å². The Labute approximate surface area is 229 Å². The van der Waals surface area contributed by atoms with Crippen molar-refractivity contribution in [2.45, 2.75) is 17.1 Å². The van der Waals surface area contributed by atoms with Crippen molar-refractivity contribution in [1.29, 1.82) is 0 Å². The number of carbonyl (C=O) groups is 3. The SMILES string of the molecule is CC(Sc1ccc(NC(=O)/C(=C/c2cccnc2)NC(=O)c2ccccc2)cc1)C(=O)Nc1ccccc1F. The Bertz CT molecular complexity index is 1480. The molecule has 1 heterocycles. The Morgan fingerprint density at radius 3 is 2.28 bits per heavy atom. The lowest BCUT2D eigenvalue weighted by atomic mass is 10.2. The minimum absolute atomic E-state index is 0.0498. The summed E-state index contributed by atoms with van der Waals surface area (Å²) in [5, 5.41) is 7.57. The van der Waals surface area contributed by atoms with Gasteiger partial charge in [-0.1, -0.05) is 36.4 Å². The highest BCUT2D eigenvalue weighted by Crippen LogP contribution is 2.26. The maximum Gasteiger partial charge on any atom is 0.272 e. The molecule has 0 spiro atoms. The van der Waals surface area contributed by atoms with E-state index >= 15 is 0 Å². The lowest BCUT2D eigenvalue weighted by molar-refractivity contribution is -0.115. The summed E-state index contributed by atoms with van der Waals surface area (Å²) in [5.74, 6) is -1.77. The summed E-state index contributed by atoms with van der Waals surface area (Å²) in [6.45, 7) is 1.72. The first-order valence-corrected chi connectivity index (χ1v) is 12.9. The second kappa shape index (κ2) is 13.2. The molecule has 1 aromatic heterocycles. The second-order valence-corrected chi connectivity index (χ2v) is 9.79. The van der Waals surface area contributed by atoms with Crippen LogP contribution < -0.4 is 16.0 Å². The van der Waals surface area contributed by atoms with E-state index in [-0.39, 0.29) is 17.3 Å². The molecule has 0 saturated carbocycles. The van der Waals surface area contributed by atoms with E-state index < -0.39 is 22.9 Å². The van der Waals surface area contributed by atoms with E-state index in [1.807, 2.05) is 0 Å². The van der Waals surface area contributed by atoms with Crippen LogP contribution in [0.4, 0.5) is 15.8 Å². The number of benzene rings is 3. The molecule has 7 nitrogen and oxygen atoms in total. The first-order chi connectivity index (χ1) is 18.9. The van der Waals surface area contributed by atoms with Crippen LogP contribution in [-0.2, 0) is 9.59 Å². The van der Waals surface area contributed by atoms with Crippen molar-refractivity contribution in [3.05, 3.63) is 126 Å². The molecule has 3 N–H and O–H groups in total. The first-order valence-electron chi connectivity index (χ1n) is 12.0. The zero-order valence-corrected chi connectivity index (χ0v) is 21.7. The van der Waals surface area contributed by atoms with Gasteiger partial charge in [0, 0.05) is 28.5 Å². The summed E-state index contributed by atoms with van der Waals surface area (Å²) < 4.78 is 13.8. The van der Waals surface area contributed by atoms with Gasteiger partial charge in [0.2, 0.25) is 5.91 Å². The molecule has 196 valence electrons. The van der Waals surface area contributed by atoms with Gasteiger partial charge in [-0.05, 0) is 73.2 Å². The molecule has 0 aliphatic carbocycles. The van der Waals surface area contributed by atoms with Crippen molar-refractivity contribution in [3.8, 4) is 0 Å². The number of carbonyl (C=O) groups excluding carboxylic acids is 3. The number of halogens is 1. The number of amides is 3. The topological polar surface area (TPSA) is 100 Å². The first kappa shape index (κ1) is 27.3. The van der Waals surface area contributed by atoms with E-state index in [1.54, 1.807) is 104 Å². The molecule has 9 heteroatoms. The van der Waals surface area contributed by atoms with E-state index in [1.165, 1.54) is 23.9 Å². The average molecular weight is 541 g/mol. The Morgan fingerprint density at radius 1 is 0.872 bits per heavy atom. The third kappa shape index (κ3) is 7.86. The van der Waals surface area contributed by atoms with E-state index in [4.69, 9.17) is 0 Å². The van der Waals surface area contributed by atoms with Crippen LogP contribution in [0.25, 0.3) is 6.08 Å². The molecular weight excluding hydrogens is 515 g/mol. The van der Waals surface area contributed by atoms with Crippen LogP contribution in [0, 0.1) is 5.82 Å². The summed E-state index contributed by atoms with van der Waals surface area (Å²) in [7, 11) is 0. The van der Waals surface area contributed by atoms with Crippen molar-refractivity contribution in [3.63, 3.8) is 0 Å². The molecule has 4 aromatic rings. The number of thioether (sulfide) groups is 1. The number of nitrogens with zero attached hydrogens (tertiary/aromatic N) is 1. The maximum atomic E-state index is 13.8. The molecule has 0 bridgehead atoms. The van der Waals surface area contributed by atoms with Gasteiger partial charge < -0.3 is 16.0 Å². The van der Waals surface area contributed by atoms with Gasteiger partial charge in [0.15, 0.2) is 0 Å². The lowest BCUT2D eigenvalue weighted by Crippen LogP contribution is -2.30. The minimum atomic E-state index is -0.513. The largest absolute Gasteiger partial charge is 0.323 e. The molecule has 3 aromatic carbocycles. The molecule has 1 unspecified atom stereocenters. The summed E-state index contributed by atoms with van der Waals surface area (Å²) in [6, 6.07) is 25.0. The predicted molar refractivity (Wildman–Crippen MR) is 152 cm³/mol. The number of aromatic nitrogens is 1. The van der Waals surface area contributed by atoms with Crippen LogP contribution in [0.15, 0.2) is 114 Å². The number of hydrogen-bond acceptors (Lipinski definition) is 5. The number of anilines is 2. The van der Waals surface area contributed by atoms with E-state index in [2.05, 4.69) is 20.9 Å². The van der Waals surface area contributed by atoms with Gasteiger partial charge in [0.1, 0.15) is 11.5 Å². The van der Waals surface area contributed by atoms with Crippen molar-refractivity contribution in [1.82, 2.24) is 10.3 Å². The lowest BCUT2D eigenvalue weighted by Gasteiger charge is -2.14. The average Bonchev–Trinajstić information content (AvgIpc) is 2.96. The molecule has 3 amide bonds. The highest BCUT2D eigenvalue weighted by atomic mass is 32.2. The van der Waals surface area contributed by atoms with Crippen molar-refractivity contribution in [2.75, 3.05) is 10.6 Å². The van der Waals surface area contributed by atoms with Gasteiger partial charge in [-0.3, -0.25) is 19.4 Å². The third-order valence-corrected chi connectivity index (χ3v) is 6.56. The van der Waals surface area contributed by atoms with Gasteiger partial charge in [-0.2, -0.15) is 0 Å². The smallest absolute Gasteiger partial charge is 0.272 e. The zero-order chi connectivity index (χ0) is 27.6. The monoisotopic (exact) mass is 540 g/mol. The van der Waals surface area contributed by atoms with Crippen LogP contribution in [0.5, 0.6) is 0 Å². The molecule has 4 rings (SSSR count). The van der Waals surface area contributed by atoms with Crippen LogP contribution in [0.3, 0.4) is 0 Å². The quantitative estimate of drug-likeness (QED) is 0.185. The van der Waals surface area contributed by atoms with E-state index in [9.17, 15) is 18.8 Å². The maximum absolute atomic E-state index is 13.8. The zero-order valence-electron chi connectivity index (χ0n) is 20.9. The fourth-order valence-electron chi connectivity index (χ4n) is 3.44. The Hall–Kier alpha value is -4.76. The van der Waals surface area contributed by atoms with Gasteiger partial charge in [-0.25, -0.2) is 4.39 Å². The molecule has 0 aliphatic heterocycles. The predicted octanol–water partition coefficient (Wildman–Crippen LogP) is 5.75. The molecular formula is C30H25FN4O3S.